The number of carbonyl (C=O) groups excluding carboxylic acids is 1. The minimum atomic E-state index is -0.836. The van der Waals surface area contributed by atoms with Gasteiger partial charge in [-0.1, -0.05) is 12.2 Å². The lowest BCUT2D eigenvalue weighted by atomic mass is 10.3. The van der Waals surface area contributed by atoms with Crippen molar-refractivity contribution in [2.75, 3.05) is 32.1 Å². The van der Waals surface area contributed by atoms with Crippen LogP contribution < -0.4 is 15.0 Å². The highest BCUT2D eigenvalue weighted by Gasteiger charge is 2.18. The largest absolute Gasteiger partial charge is 0.478 e. The molecule has 29 heavy (non-hydrogen) atoms. The Kier molecular flexibility index (Phi) is 8.64. The number of aromatic nitrogens is 2. The van der Waals surface area contributed by atoms with Gasteiger partial charge in [0.05, 0.1) is 7.11 Å². The molecule has 1 aromatic rings. The SMILES string of the molecule is COc1nc(C)cc(N(C)CCNC(=O)/C=C/C2CC2)n1.O=C(O)/C=C/C1CC1. The van der Waals surface area contributed by atoms with E-state index in [1.54, 1.807) is 19.3 Å². The molecule has 2 aliphatic carbocycles. The van der Waals surface area contributed by atoms with Gasteiger partial charge < -0.3 is 20.1 Å². The van der Waals surface area contributed by atoms with Gasteiger partial charge >= 0.3 is 12.0 Å². The molecule has 158 valence electrons. The topological polar surface area (TPSA) is 105 Å². The van der Waals surface area contributed by atoms with Crippen LogP contribution in [-0.2, 0) is 9.59 Å². The summed E-state index contributed by atoms with van der Waals surface area (Å²) in [7, 11) is 3.47. The normalized spacial score (nSPS) is 15.7. The molecule has 1 aromatic heterocycles. The average molecular weight is 402 g/mol. The molecular formula is C21H30N4O4. The van der Waals surface area contributed by atoms with Gasteiger partial charge in [0, 0.05) is 38.0 Å². The van der Waals surface area contributed by atoms with Gasteiger partial charge in [0.2, 0.25) is 5.91 Å². The number of aryl methyl sites for hydroxylation is 1. The fourth-order valence-electron chi connectivity index (χ4n) is 2.35. The number of allylic oxidation sites excluding steroid dienone is 2. The smallest absolute Gasteiger partial charge is 0.327 e. The van der Waals surface area contributed by atoms with Crippen LogP contribution in [0.2, 0.25) is 0 Å². The number of nitrogens with zero attached hydrogens (tertiary/aromatic N) is 3. The van der Waals surface area contributed by atoms with Crippen molar-refractivity contribution in [2.24, 2.45) is 11.8 Å². The first-order valence-electron chi connectivity index (χ1n) is 9.85. The van der Waals surface area contributed by atoms with Crippen molar-refractivity contribution >= 4 is 17.7 Å². The predicted octanol–water partition coefficient (Wildman–Crippen LogP) is 2.35. The maximum Gasteiger partial charge on any atom is 0.327 e. The molecule has 8 heteroatoms. The van der Waals surface area contributed by atoms with E-state index in [1.807, 2.05) is 31.0 Å². The number of carboxylic acid groups (broad SMARTS) is 1. The first-order valence-corrected chi connectivity index (χ1v) is 9.85. The standard InChI is InChI=1S/C15H22N4O2.C6H8O2/c1-11-10-13(18-15(17-11)21-3)19(2)9-8-16-14(20)7-6-12-4-5-12;7-6(8)4-3-5-1-2-5/h6-7,10,12H,4-5,8-9H2,1-3H3,(H,16,20);3-5H,1-2H2,(H,7,8)/b7-6+;4-3+. The number of likely N-dealkylation sites (N-methyl/N-ethyl adjacent to an activating group) is 1. The highest BCUT2D eigenvalue weighted by molar-refractivity contribution is 5.87. The molecule has 3 rings (SSSR count). The lowest BCUT2D eigenvalue weighted by molar-refractivity contribution is -0.131. The number of rotatable bonds is 9. The second-order valence-electron chi connectivity index (χ2n) is 7.30. The third-order valence-corrected chi connectivity index (χ3v) is 4.42. The molecular weight excluding hydrogens is 372 g/mol. The minimum Gasteiger partial charge on any atom is -0.478 e. The third kappa shape index (κ3) is 9.73. The van der Waals surface area contributed by atoms with Crippen LogP contribution in [0.3, 0.4) is 0 Å². The van der Waals surface area contributed by atoms with Gasteiger partial charge in [-0.15, -0.1) is 0 Å². The fraction of sp³-hybridized carbons (Fsp3) is 0.524. The maximum atomic E-state index is 11.6. The van der Waals surface area contributed by atoms with E-state index in [0.717, 1.165) is 11.5 Å². The highest BCUT2D eigenvalue weighted by atomic mass is 16.5. The first-order chi connectivity index (χ1) is 13.9. The van der Waals surface area contributed by atoms with Crippen molar-refractivity contribution in [2.45, 2.75) is 32.6 Å². The van der Waals surface area contributed by atoms with E-state index in [9.17, 15) is 9.59 Å². The van der Waals surface area contributed by atoms with E-state index in [1.165, 1.54) is 31.8 Å². The average Bonchev–Trinajstić information content (AvgIpc) is 3.59. The molecule has 0 unspecified atom stereocenters. The zero-order chi connectivity index (χ0) is 21.2. The number of aliphatic carboxylic acids is 1. The summed E-state index contributed by atoms with van der Waals surface area (Å²) in [5.41, 5.74) is 0.847. The minimum absolute atomic E-state index is 0.0354. The Hall–Kier alpha value is -2.90. The van der Waals surface area contributed by atoms with Crippen LogP contribution in [0, 0.1) is 18.8 Å². The number of nitrogens with one attached hydrogen (secondary N) is 1. The molecule has 2 N–H and O–H groups in total. The Labute approximate surface area is 171 Å². The van der Waals surface area contributed by atoms with Crippen molar-refractivity contribution in [3.8, 4) is 6.01 Å². The van der Waals surface area contributed by atoms with Gasteiger partial charge in [-0.25, -0.2) is 9.78 Å². The number of hydrogen-bond acceptors (Lipinski definition) is 6. The summed E-state index contributed by atoms with van der Waals surface area (Å²) in [6.07, 6.45) is 11.4. The summed E-state index contributed by atoms with van der Waals surface area (Å²) in [6, 6.07) is 2.24. The summed E-state index contributed by atoms with van der Waals surface area (Å²) in [5.74, 6) is 1.10. The quantitative estimate of drug-likeness (QED) is 0.611. The molecule has 0 radical (unpaired) electrons. The van der Waals surface area contributed by atoms with Gasteiger partial charge in [0.1, 0.15) is 5.82 Å². The number of methoxy groups -OCH3 is 1. The van der Waals surface area contributed by atoms with Gasteiger partial charge in [-0.2, -0.15) is 4.98 Å². The summed E-state index contributed by atoms with van der Waals surface area (Å²) in [6.45, 7) is 3.13. The van der Waals surface area contributed by atoms with Gasteiger partial charge in [0.15, 0.2) is 0 Å². The Morgan fingerprint density at radius 1 is 1.21 bits per heavy atom. The van der Waals surface area contributed by atoms with Crippen molar-refractivity contribution < 1.29 is 19.4 Å². The Bertz CT molecular complexity index is 755. The summed E-state index contributed by atoms with van der Waals surface area (Å²) < 4.78 is 5.06. The summed E-state index contributed by atoms with van der Waals surface area (Å²) >= 11 is 0. The van der Waals surface area contributed by atoms with Crippen LogP contribution in [0.25, 0.3) is 0 Å². The van der Waals surface area contributed by atoms with E-state index in [2.05, 4.69) is 15.3 Å². The summed E-state index contributed by atoms with van der Waals surface area (Å²) in [4.78, 5) is 31.8. The maximum absolute atomic E-state index is 11.6. The molecule has 2 saturated carbocycles. The molecule has 1 amide bonds. The lowest BCUT2D eigenvalue weighted by Crippen LogP contribution is -2.32. The molecule has 0 aromatic carbocycles. The Balaban J connectivity index is 0.000000313. The Morgan fingerprint density at radius 2 is 1.83 bits per heavy atom. The number of ether oxygens (including phenoxy) is 1. The third-order valence-electron chi connectivity index (χ3n) is 4.42. The Morgan fingerprint density at radius 3 is 2.38 bits per heavy atom. The van der Waals surface area contributed by atoms with Crippen molar-refractivity contribution in [1.29, 1.82) is 0 Å². The molecule has 0 aliphatic heterocycles. The second-order valence-corrected chi connectivity index (χ2v) is 7.30. The number of amides is 1. The molecule has 2 aliphatic rings. The number of anilines is 1. The van der Waals surface area contributed by atoms with E-state index >= 15 is 0 Å². The molecule has 1 heterocycles. The fourth-order valence-corrected chi connectivity index (χ4v) is 2.35. The molecule has 0 saturated heterocycles. The van der Waals surface area contributed by atoms with Crippen LogP contribution in [0.1, 0.15) is 31.4 Å². The van der Waals surface area contributed by atoms with Gasteiger partial charge in [0.25, 0.3) is 0 Å². The zero-order valence-corrected chi connectivity index (χ0v) is 17.3. The van der Waals surface area contributed by atoms with Crippen molar-refractivity contribution in [3.63, 3.8) is 0 Å². The van der Waals surface area contributed by atoms with Gasteiger partial charge in [-0.05, 0) is 50.5 Å². The molecule has 0 bridgehead atoms. The number of carbonyl (C=O) groups is 2. The zero-order valence-electron chi connectivity index (χ0n) is 17.3. The van der Waals surface area contributed by atoms with Crippen LogP contribution in [0.5, 0.6) is 6.01 Å². The predicted molar refractivity (Wildman–Crippen MR) is 111 cm³/mol. The molecule has 2 fully saturated rings. The number of hydrogen-bond donors (Lipinski definition) is 2. The van der Waals surface area contributed by atoms with E-state index in [4.69, 9.17) is 9.84 Å². The number of carboxylic acids is 1. The van der Waals surface area contributed by atoms with Crippen LogP contribution in [0.15, 0.2) is 30.4 Å². The van der Waals surface area contributed by atoms with Crippen LogP contribution >= 0.6 is 0 Å². The molecule has 0 atom stereocenters. The summed E-state index contributed by atoms with van der Waals surface area (Å²) in [5, 5.41) is 11.0. The second kappa shape index (κ2) is 11.2. The molecule has 0 spiro atoms. The highest BCUT2D eigenvalue weighted by Crippen LogP contribution is 2.30. The first kappa shape index (κ1) is 22.4. The van der Waals surface area contributed by atoms with E-state index < -0.39 is 5.97 Å². The van der Waals surface area contributed by atoms with Crippen LogP contribution in [0.4, 0.5) is 5.82 Å². The van der Waals surface area contributed by atoms with Crippen molar-refractivity contribution in [1.82, 2.24) is 15.3 Å². The monoisotopic (exact) mass is 402 g/mol. The van der Waals surface area contributed by atoms with Crippen molar-refractivity contribution in [3.05, 3.63) is 36.1 Å². The van der Waals surface area contributed by atoms with E-state index in [0.29, 0.717) is 30.9 Å². The van der Waals surface area contributed by atoms with Gasteiger partial charge in [-0.3, -0.25) is 4.79 Å². The van der Waals surface area contributed by atoms with E-state index in [-0.39, 0.29) is 5.91 Å². The molecule has 8 nitrogen and oxygen atoms in total. The lowest BCUT2D eigenvalue weighted by Gasteiger charge is -2.18. The van der Waals surface area contributed by atoms with Crippen LogP contribution in [-0.4, -0.2) is 54.2 Å².